The van der Waals surface area contributed by atoms with E-state index >= 15 is 0 Å². The van der Waals surface area contributed by atoms with Gasteiger partial charge in [0.15, 0.2) is 0 Å². The second-order valence-electron chi connectivity index (χ2n) is 9.42. The molecule has 0 fully saturated rings. The van der Waals surface area contributed by atoms with Gasteiger partial charge >= 0.3 is 0 Å². The molecule has 0 aliphatic rings. The van der Waals surface area contributed by atoms with Gasteiger partial charge in [-0.25, -0.2) is 0 Å². The lowest BCUT2D eigenvalue weighted by molar-refractivity contribution is -0.140. The number of hydrogen-bond donors (Lipinski definition) is 1. The van der Waals surface area contributed by atoms with Crippen LogP contribution >= 0.6 is 11.8 Å². The Labute approximate surface area is 212 Å². The van der Waals surface area contributed by atoms with Crippen LogP contribution in [0.5, 0.6) is 5.75 Å². The summed E-state index contributed by atoms with van der Waals surface area (Å²) in [6, 6.07) is 26.6. The second kappa shape index (κ2) is 12.5. The highest BCUT2D eigenvalue weighted by molar-refractivity contribution is 8.00. The third-order valence-electron chi connectivity index (χ3n) is 5.36. The minimum absolute atomic E-state index is 0.0911. The van der Waals surface area contributed by atoms with Gasteiger partial charge in [-0.2, -0.15) is 0 Å². The zero-order valence-corrected chi connectivity index (χ0v) is 21.7. The molecule has 0 aliphatic carbocycles. The van der Waals surface area contributed by atoms with Crippen molar-refractivity contribution in [1.82, 2.24) is 10.2 Å². The summed E-state index contributed by atoms with van der Waals surface area (Å²) < 4.78 is 5.38. The van der Waals surface area contributed by atoms with Crippen molar-refractivity contribution in [3.05, 3.63) is 96.1 Å². The Hall–Kier alpha value is -3.25. The van der Waals surface area contributed by atoms with Crippen LogP contribution in [-0.4, -0.2) is 41.2 Å². The number of benzene rings is 3. The fraction of sp³-hybridized carbons (Fsp3) is 0.310. The highest BCUT2D eigenvalue weighted by Gasteiger charge is 2.32. The van der Waals surface area contributed by atoms with Crippen LogP contribution in [-0.2, 0) is 22.6 Å². The molecular formula is C29H34N2O3S. The molecule has 5 nitrogen and oxygen atoms in total. The molecule has 0 aromatic heterocycles. The van der Waals surface area contributed by atoms with Crippen LogP contribution in [0.4, 0.5) is 0 Å². The van der Waals surface area contributed by atoms with Gasteiger partial charge in [0, 0.05) is 23.4 Å². The highest BCUT2D eigenvalue weighted by atomic mass is 32.2. The lowest BCUT2D eigenvalue weighted by Crippen LogP contribution is -2.54. The van der Waals surface area contributed by atoms with Crippen molar-refractivity contribution in [1.29, 1.82) is 0 Å². The maximum atomic E-state index is 13.7. The molecule has 0 saturated heterocycles. The first-order valence-electron chi connectivity index (χ1n) is 11.7. The molecule has 2 amide bonds. The molecule has 0 radical (unpaired) electrons. The molecule has 0 saturated carbocycles. The first-order chi connectivity index (χ1) is 16.7. The summed E-state index contributed by atoms with van der Waals surface area (Å²) in [5.74, 6) is 0.698. The Balaban J connectivity index is 1.94. The van der Waals surface area contributed by atoms with Gasteiger partial charge in [0.1, 0.15) is 11.8 Å². The minimum Gasteiger partial charge on any atom is -0.497 e. The van der Waals surface area contributed by atoms with Crippen molar-refractivity contribution in [2.75, 3.05) is 12.9 Å². The molecule has 3 aromatic rings. The predicted octanol–water partition coefficient (Wildman–Crippen LogP) is 5.34. The molecule has 35 heavy (non-hydrogen) atoms. The number of carbonyl (C=O) groups is 2. The number of thioether (sulfide) groups is 1. The third kappa shape index (κ3) is 8.48. The van der Waals surface area contributed by atoms with Gasteiger partial charge in [0.25, 0.3) is 0 Å². The zero-order valence-electron chi connectivity index (χ0n) is 20.9. The SMILES string of the molecule is COc1cccc(CN(C(=O)CSc2ccccc2)[C@@H](Cc2ccccc2)C(=O)NC(C)(C)C)c1. The normalized spacial score (nSPS) is 12.0. The summed E-state index contributed by atoms with van der Waals surface area (Å²) in [6.45, 7) is 6.15. The quantitative estimate of drug-likeness (QED) is 0.390. The van der Waals surface area contributed by atoms with Gasteiger partial charge in [-0.15, -0.1) is 11.8 Å². The number of hydrogen-bond acceptors (Lipinski definition) is 4. The van der Waals surface area contributed by atoms with Crippen molar-refractivity contribution < 1.29 is 14.3 Å². The van der Waals surface area contributed by atoms with Crippen LogP contribution < -0.4 is 10.1 Å². The monoisotopic (exact) mass is 490 g/mol. The fourth-order valence-electron chi connectivity index (χ4n) is 3.72. The summed E-state index contributed by atoms with van der Waals surface area (Å²) >= 11 is 1.48. The van der Waals surface area contributed by atoms with E-state index in [1.165, 1.54) is 11.8 Å². The van der Waals surface area contributed by atoms with Gasteiger partial charge in [-0.1, -0.05) is 60.7 Å². The first-order valence-corrected chi connectivity index (χ1v) is 12.7. The molecule has 0 spiro atoms. The Morgan fingerprint density at radius 3 is 2.17 bits per heavy atom. The van der Waals surface area contributed by atoms with Crippen LogP contribution in [0.2, 0.25) is 0 Å². The number of nitrogens with one attached hydrogen (secondary N) is 1. The van der Waals surface area contributed by atoms with E-state index in [9.17, 15) is 9.59 Å². The summed E-state index contributed by atoms with van der Waals surface area (Å²) in [5.41, 5.74) is 1.49. The smallest absolute Gasteiger partial charge is 0.243 e. The van der Waals surface area contributed by atoms with E-state index in [2.05, 4.69) is 5.32 Å². The number of amides is 2. The second-order valence-corrected chi connectivity index (χ2v) is 10.5. The van der Waals surface area contributed by atoms with E-state index in [0.717, 1.165) is 16.0 Å². The molecule has 1 N–H and O–H groups in total. The summed E-state index contributed by atoms with van der Waals surface area (Å²) in [6.07, 6.45) is 0.425. The lowest BCUT2D eigenvalue weighted by Gasteiger charge is -2.34. The zero-order chi connectivity index (χ0) is 25.3. The van der Waals surface area contributed by atoms with Crippen LogP contribution in [0.15, 0.2) is 89.8 Å². The fourth-order valence-corrected chi connectivity index (χ4v) is 4.52. The molecule has 3 rings (SSSR count). The van der Waals surface area contributed by atoms with Gasteiger partial charge < -0.3 is 15.0 Å². The standard InChI is InChI=1S/C29H34N2O3S/c1-29(2,3)30-28(33)26(19-22-12-7-5-8-13-22)31(20-23-14-11-15-24(18-23)34-4)27(32)21-35-25-16-9-6-10-17-25/h5-18,26H,19-21H2,1-4H3,(H,30,33)/t26-/m0/s1. The minimum atomic E-state index is -0.660. The molecule has 6 heteroatoms. The van der Waals surface area contributed by atoms with Crippen molar-refractivity contribution in [3.63, 3.8) is 0 Å². The highest BCUT2D eigenvalue weighted by Crippen LogP contribution is 2.22. The molecule has 3 aromatic carbocycles. The van der Waals surface area contributed by atoms with E-state index in [1.54, 1.807) is 12.0 Å². The van der Waals surface area contributed by atoms with Crippen LogP contribution in [0.25, 0.3) is 0 Å². The molecule has 0 bridgehead atoms. The molecule has 184 valence electrons. The van der Waals surface area contributed by atoms with Crippen molar-refractivity contribution in [2.24, 2.45) is 0 Å². The van der Waals surface area contributed by atoms with Crippen LogP contribution in [0.3, 0.4) is 0 Å². The van der Waals surface area contributed by atoms with Crippen LogP contribution in [0.1, 0.15) is 31.9 Å². The number of nitrogens with zero attached hydrogens (tertiary/aromatic N) is 1. The van der Waals surface area contributed by atoms with Gasteiger partial charge in [-0.05, 0) is 56.2 Å². The summed E-state index contributed by atoms with van der Waals surface area (Å²) in [7, 11) is 1.62. The molecule has 0 aliphatic heterocycles. The Morgan fingerprint density at radius 2 is 1.54 bits per heavy atom. The van der Waals surface area contributed by atoms with E-state index in [-0.39, 0.29) is 17.6 Å². The summed E-state index contributed by atoms with van der Waals surface area (Å²) in [4.78, 5) is 30.0. The molecule has 0 unspecified atom stereocenters. The summed E-state index contributed by atoms with van der Waals surface area (Å²) in [5, 5.41) is 3.09. The maximum Gasteiger partial charge on any atom is 0.243 e. The maximum absolute atomic E-state index is 13.7. The van der Waals surface area contributed by atoms with Gasteiger partial charge in [-0.3, -0.25) is 9.59 Å². The van der Waals surface area contributed by atoms with Gasteiger partial charge in [0.05, 0.1) is 12.9 Å². The van der Waals surface area contributed by atoms with Crippen molar-refractivity contribution >= 4 is 23.6 Å². The number of methoxy groups -OCH3 is 1. The Kier molecular flexibility index (Phi) is 9.38. The Bertz CT molecular complexity index is 1100. The van der Waals surface area contributed by atoms with Crippen molar-refractivity contribution in [2.45, 2.75) is 50.2 Å². The van der Waals surface area contributed by atoms with E-state index in [4.69, 9.17) is 4.74 Å². The lowest BCUT2D eigenvalue weighted by atomic mass is 10.0. The number of carbonyl (C=O) groups excluding carboxylic acids is 2. The van der Waals surface area contributed by atoms with Crippen LogP contribution in [0, 0.1) is 0 Å². The van der Waals surface area contributed by atoms with E-state index in [0.29, 0.717) is 18.7 Å². The average Bonchev–Trinajstić information content (AvgIpc) is 2.85. The third-order valence-corrected chi connectivity index (χ3v) is 6.36. The number of ether oxygens (including phenoxy) is 1. The van der Waals surface area contributed by atoms with E-state index < -0.39 is 11.6 Å². The largest absolute Gasteiger partial charge is 0.497 e. The predicted molar refractivity (Wildman–Crippen MR) is 143 cm³/mol. The Morgan fingerprint density at radius 1 is 0.914 bits per heavy atom. The van der Waals surface area contributed by atoms with Gasteiger partial charge in [0.2, 0.25) is 11.8 Å². The molecule has 0 heterocycles. The molecular weight excluding hydrogens is 456 g/mol. The number of rotatable bonds is 10. The molecule has 1 atom stereocenters. The topological polar surface area (TPSA) is 58.6 Å². The van der Waals surface area contributed by atoms with Crippen molar-refractivity contribution in [3.8, 4) is 5.75 Å². The van der Waals surface area contributed by atoms with E-state index in [1.807, 2.05) is 106 Å². The average molecular weight is 491 g/mol. The first kappa shape index (κ1) is 26.4.